The zero-order valence-corrected chi connectivity index (χ0v) is 7.75. The van der Waals surface area contributed by atoms with Crippen LogP contribution in [0.3, 0.4) is 0 Å². The van der Waals surface area contributed by atoms with Crippen LogP contribution in [0.2, 0.25) is 0 Å². The van der Waals surface area contributed by atoms with Gasteiger partial charge in [0.25, 0.3) is 0 Å². The van der Waals surface area contributed by atoms with Gasteiger partial charge in [-0.3, -0.25) is 4.79 Å². The van der Waals surface area contributed by atoms with Crippen LogP contribution in [0, 0.1) is 0 Å². The Labute approximate surface area is 72.1 Å². The molecule has 1 saturated heterocycles. The van der Waals surface area contributed by atoms with Crippen LogP contribution < -0.4 is 5.32 Å². The molecule has 0 aromatic heterocycles. The zero-order valence-electron chi connectivity index (χ0n) is 6.93. The molecular weight excluding hydrogens is 158 g/mol. The summed E-state index contributed by atoms with van der Waals surface area (Å²) in [5.41, 5.74) is 0. The summed E-state index contributed by atoms with van der Waals surface area (Å²) in [6, 6.07) is 0. The van der Waals surface area contributed by atoms with Crippen LogP contribution in [0.25, 0.3) is 0 Å². The molecule has 1 aliphatic rings. The number of hydrogen-bond donors (Lipinski definition) is 1. The highest BCUT2D eigenvalue weighted by atomic mass is 32.2. The normalized spacial score (nSPS) is 25.9. The van der Waals surface area contributed by atoms with Gasteiger partial charge < -0.3 is 5.32 Å². The third-order valence-corrected chi connectivity index (χ3v) is 3.04. The van der Waals surface area contributed by atoms with Crippen LogP contribution in [0.5, 0.6) is 0 Å². The van der Waals surface area contributed by atoms with Crippen LogP contribution in [0.1, 0.15) is 26.2 Å². The fourth-order valence-corrected chi connectivity index (χ4v) is 2.24. The monoisotopic (exact) mass is 173 g/mol. The second kappa shape index (κ2) is 4.65. The lowest BCUT2D eigenvalue weighted by atomic mass is 10.2. The summed E-state index contributed by atoms with van der Waals surface area (Å²) in [6.45, 7) is 2.97. The first-order chi connectivity index (χ1) is 5.34. The minimum Gasteiger partial charge on any atom is -0.355 e. The number of thioether (sulfide) groups is 1. The minimum atomic E-state index is 0.225. The summed E-state index contributed by atoms with van der Waals surface area (Å²) >= 11 is 1.76. The zero-order chi connectivity index (χ0) is 8.10. The number of carbonyl (C=O) groups is 1. The van der Waals surface area contributed by atoms with E-state index in [4.69, 9.17) is 0 Å². The van der Waals surface area contributed by atoms with E-state index in [1.807, 2.05) is 0 Å². The van der Waals surface area contributed by atoms with E-state index in [-0.39, 0.29) is 11.2 Å². The van der Waals surface area contributed by atoms with Crippen molar-refractivity contribution in [3.05, 3.63) is 0 Å². The van der Waals surface area contributed by atoms with E-state index in [9.17, 15) is 4.79 Å². The highest BCUT2D eigenvalue weighted by Crippen LogP contribution is 2.18. The van der Waals surface area contributed by atoms with Gasteiger partial charge in [-0.15, -0.1) is 11.8 Å². The van der Waals surface area contributed by atoms with Gasteiger partial charge in [-0.1, -0.05) is 13.3 Å². The maximum atomic E-state index is 11.3. The van der Waals surface area contributed by atoms with E-state index in [0.29, 0.717) is 0 Å². The molecular formula is C8H15NOS. The van der Waals surface area contributed by atoms with Crippen LogP contribution >= 0.6 is 11.8 Å². The maximum Gasteiger partial charge on any atom is 0.233 e. The molecule has 0 saturated carbocycles. The third kappa shape index (κ3) is 2.73. The van der Waals surface area contributed by atoms with Gasteiger partial charge in [-0.05, 0) is 18.6 Å². The molecule has 0 aromatic carbocycles. The number of nitrogens with one attached hydrogen (secondary N) is 1. The summed E-state index contributed by atoms with van der Waals surface area (Å²) in [4.78, 5) is 11.3. The van der Waals surface area contributed by atoms with E-state index in [2.05, 4.69) is 12.2 Å². The van der Waals surface area contributed by atoms with Gasteiger partial charge in [0.15, 0.2) is 0 Å². The van der Waals surface area contributed by atoms with E-state index in [1.165, 1.54) is 6.42 Å². The molecule has 1 fully saturated rings. The van der Waals surface area contributed by atoms with Gasteiger partial charge in [0.2, 0.25) is 5.91 Å². The summed E-state index contributed by atoms with van der Waals surface area (Å²) in [5, 5.41) is 3.14. The highest BCUT2D eigenvalue weighted by Gasteiger charge is 2.19. The van der Waals surface area contributed by atoms with Gasteiger partial charge in [0.05, 0.1) is 5.25 Å². The van der Waals surface area contributed by atoms with Gasteiger partial charge in [-0.2, -0.15) is 0 Å². The third-order valence-electron chi connectivity index (χ3n) is 1.85. The van der Waals surface area contributed by atoms with Gasteiger partial charge >= 0.3 is 0 Å². The largest absolute Gasteiger partial charge is 0.355 e. The van der Waals surface area contributed by atoms with Crippen molar-refractivity contribution in [2.45, 2.75) is 31.4 Å². The predicted octanol–water partition coefficient (Wildman–Crippen LogP) is 1.41. The molecule has 3 heteroatoms. The van der Waals surface area contributed by atoms with Crippen molar-refractivity contribution in [3.63, 3.8) is 0 Å². The lowest BCUT2D eigenvalue weighted by Gasteiger charge is -2.10. The van der Waals surface area contributed by atoms with Crippen molar-refractivity contribution in [2.75, 3.05) is 12.3 Å². The molecule has 1 rings (SSSR count). The Hall–Kier alpha value is -0.180. The quantitative estimate of drug-likeness (QED) is 0.684. The molecule has 0 aliphatic carbocycles. The molecule has 64 valence electrons. The smallest absolute Gasteiger partial charge is 0.233 e. The van der Waals surface area contributed by atoms with Crippen molar-refractivity contribution in [3.8, 4) is 0 Å². The topological polar surface area (TPSA) is 29.1 Å². The van der Waals surface area contributed by atoms with Gasteiger partial charge in [0.1, 0.15) is 0 Å². The molecule has 11 heavy (non-hydrogen) atoms. The van der Waals surface area contributed by atoms with Crippen LogP contribution in [0.4, 0.5) is 0 Å². The molecule has 0 bridgehead atoms. The molecule has 1 heterocycles. The van der Waals surface area contributed by atoms with Gasteiger partial charge in [-0.25, -0.2) is 0 Å². The van der Waals surface area contributed by atoms with Crippen LogP contribution in [0.15, 0.2) is 0 Å². The maximum absolute atomic E-state index is 11.3. The summed E-state index contributed by atoms with van der Waals surface area (Å²) in [6.07, 6.45) is 3.40. The van der Waals surface area contributed by atoms with Crippen molar-refractivity contribution >= 4 is 17.7 Å². The Balaban J connectivity index is 2.39. The SMILES string of the molecule is CCSC1CCCCNC1=O. The first kappa shape index (κ1) is 8.91. The minimum absolute atomic E-state index is 0.225. The first-order valence-electron chi connectivity index (χ1n) is 4.24. The van der Waals surface area contributed by atoms with Crippen LogP contribution in [-0.4, -0.2) is 23.5 Å². The Bertz CT molecular complexity index is 138. The van der Waals surface area contributed by atoms with Crippen LogP contribution in [-0.2, 0) is 4.79 Å². The Morgan fingerprint density at radius 3 is 3.18 bits per heavy atom. The number of carbonyl (C=O) groups excluding carboxylic acids is 1. The summed E-state index contributed by atoms with van der Waals surface area (Å²) < 4.78 is 0. The summed E-state index contributed by atoms with van der Waals surface area (Å²) in [7, 11) is 0. The molecule has 1 N–H and O–H groups in total. The molecule has 2 nitrogen and oxygen atoms in total. The standard InChI is InChI=1S/C8H15NOS/c1-2-11-7-5-3-4-6-9-8(7)10/h7H,2-6H2,1H3,(H,9,10). The molecule has 1 atom stereocenters. The molecule has 1 unspecified atom stereocenters. The van der Waals surface area contributed by atoms with Crippen molar-refractivity contribution < 1.29 is 4.79 Å². The second-order valence-corrected chi connectivity index (χ2v) is 4.21. The molecule has 0 spiro atoms. The Kier molecular flexibility index (Phi) is 3.77. The van der Waals surface area contributed by atoms with Crippen molar-refractivity contribution in [1.82, 2.24) is 5.32 Å². The average Bonchev–Trinajstić information content (AvgIpc) is 2.18. The van der Waals surface area contributed by atoms with Crippen molar-refractivity contribution in [2.24, 2.45) is 0 Å². The second-order valence-electron chi connectivity index (χ2n) is 2.73. The number of rotatable bonds is 2. The van der Waals surface area contributed by atoms with E-state index in [0.717, 1.165) is 25.1 Å². The Morgan fingerprint density at radius 1 is 1.64 bits per heavy atom. The lowest BCUT2D eigenvalue weighted by molar-refractivity contribution is -0.120. The van der Waals surface area contributed by atoms with Gasteiger partial charge in [0, 0.05) is 6.54 Å². The Morgan fingerprint density at radius 2 is 2.45 bits per heavy atom. The molecule has 1 amide bonds. The number of amides is 1. The molecule has 0 radical (unpaired) electrons. The van der Waals surface area contributed by atoms with Crippen molar-refractivity contribution in [1.29, 1.82) is 0 Å². The predicted molar refractivity (Wildman–Crippen MR) is 48.8 cm³/mol. The highest BCUT2D eigenvalue weighted by molar-refractivity contribution is 8.00. The van der Waals surface area contributed by atoms with E-state index < -0.39 is 0 Å². The average molecular weight is 173 g/mol. The fourth-order valence-electron chi connectivity index (χ4n) is 1.27. The van der Waals surface area contributed by atoms with E-state index in [1.54, 1.807) is 11.8 Å². The fraction of sp³-hybridized carbons (Fsp3) is 0.875. The summed E-state index contributed by atoms with van der Waals surface area (Å²) in [5.74, 6) is 1.28. The first-order valence-corrected chi connectivity index (χ1v) is 5.28. The lowest BCUT2D eigenvalue weighted by Crippen LogP contribution is -2.30. The number of hydrogen-bond acceptors (Lipinski definition) is 2. The molecule has 0 aromatic rings. The molecule has 1 aliphatic heterocycles. The van der Waals surface area contributed by atoms with E-state index >= 15 is 0 Å².